The molecule has 3 aromatic heterocycles. The predicted octanol–water partition coefficient (Wildman–Crippen LogP) is 2.88. The Hall–Kier alpha value is -2.62. The van der Waals surface area contributed by atoms with Gasteiger partial charge in [0.15, 0.2) is 22.2 Å². The maximum atomic E-state index is 13.4. The summed E-state index contributed by atoms with van der Waals surface area (Å²) >= 11 is 0.989. The van der Waals surface area contributed by atoms with Gasteiger partial charge in [0.25, 0.3) is 5.95 Å². The highest BCUT2D eigenvalue weighted by molar-refractivity contribution is 7.11. The Balaban J connectivity index is 2.00. The van der Waals surface area contributed by atoms with Gasteiger partial charge in [-0.1, -0.05) is 0 Å². The van der Waals surface area contributed by atoms with Crippen molar-refractivity contribution in [2.24, 2.45) is 10.2 Å². The van der Waals surface area contributed by atoms with Gasteiger partial charge in [0.1, 0.15) is 6.33 Å². The first kappa shape index (κ1) is 12.4. The fourth-order valence-corrected chi connectivity index (χ4v) is 2.00. The van der Waals surface area contributed by atoms with E-state index in [1.807, 2.05) is 0 Å². The van der Waals surface area contributed by atoms with Gasteiger partial charge in [-0.25, -0.2) is 14.4 Å². The zero-order valence-electron chi connectivity index (χ0n) is 9.53. The van der Waals surface area contributed by atoms with Crippen molar-refractivity contribution in [3.05, 3.63) is 30.4 Å². The van der Waals surface area contributed by atoms with Gasteiger partial charge in [0, 0.05) is 12.3 Å². The lowest BCUT2D eigenvalue weighted by molar-refractivity contribution is 0.412. The van der Waals surface area contributed by atoms with Crippen LogP contribution in [0.1, 0.15) is 0 Å². The molecule has 0 aliphatic carbocycles. The lowest BCUT2D eigenvalue weighted by Gasteiger charge is -1.97. The minimum atomic E-state index is -1.22. The summed E-state index contributed by atoms with van der Waals surface area (Å²) in [4.78, 5) is 10.9. The van der Waals surface area contributed by atoms with Crippen LogP contribution in [-0.4, -0.2) is 24.4 Å². The molecule has 0 spiro atoms. The largest absolute Gasteiger partial charge is 0.504 e. The molecule has 100 valence electrons. The summed E-state index contributed by atoms with van der Waals surface area (Å²) in [6.07, 6.45) is 2.82. The topological polar surface area (TPSA) is 96.5 Å². The van der Waals surface area contributed by atoms with Gasteiger partial charge in [-0.3, -0.25) is 0 Å². The molecule has 0 bridgehead atoms. The zero-order chi connectivity index (χ0) is 14.1. The number of hydrogen-bond acceptors (Lipinski definition) is 8. The molecule has 1 N–H and O–H groups in total. The van der Waals surface area contributed by atoms with Crippen LogP contribution in [0.25, 0.3) is 11.0 Å². The molecule has 0 radical (unpaired) electrons. The smallest absolute Gasteiger partial charge is 0.257 e. The molecular weight excluding hydrogens is 290 g/mol. The summed E-state index contributed by atoms with van der Waals surface area (Å²) < 4.78 is 30.4. The molecule has 0 aromatic carbocycles. The Bertz CT molecular complexity index is 821. The third-order valence-corrected chi connectivity index (χ3v) is 3.01. The van der Waals surface area contributed by atoms with Crippen molar-refractivity contribution in [1.29, 1.82) is 0 Å². The van der Waals surface area contributed by atoms with E-state index in [9.17, 15) is 8.78 Å². The number of hydrogen-bond donors (Lipinski definition) is 1. The van der Waals surface area contributed by atoms with E-state index in [-0.39, 0.29) is 0 Å². The first-order valence-corrected chi connectivity index (χ1v) is 5.94. The van der Waals surface area contributed by atoms with Crippen molar-refractivity contribution < 1.29 is 13.9 Å². The van der Waals surface area contributed by atoms with Crippen LogP contribution in [0.15, 0.2) is 28.8 Å². The minimum absolute atomic E-state index is 0.343. The van der Waals surface area contributed by atoms with Crippen molar-refractivity contribution in [2.45, 2.75) is 0 Å². The van der Waals surface area contributed by atoms with E-state index >= 15 is 0 Å². The highest BCUT2D eigenvalue weighted by atomic mass is 32.1. The Kier molecular flexibility index (Phi) is 2.99. The van der Waals surface area contributed by atoms with Crippen LogP contribution in [0, 0.1) is 11.8 Å². The standard InChI is InChI=1S/C10H4F2N6OS/c11-5-1-6(19)7(12)15-9(5)16-17-10-4-2-13-3-14-8(4)18-20-10/h1-3,19H. The molecule has 0 saturated carbocycles. The van der Waals surface area contributed by atoms with Gasteiger partial charge in [-0.05, 0) is 11.5 Å². The molecule has 0 aliphatic heterocycles. The maximum Gasteiger partial charge on any atom is 0.257 e. The van der Waals surface area contributed by atoms with E-state index in [0.29, 0.717) is 22.1 Å². The van der Waals surface area contributed by atoms with Crippen LogP contribution in [-0.2, 0) is 0 Å². The van der Waals surface area contributed by atoms with E-state index in [1.54, 1.807) is 0 Å². The van der Waals surface area contributed by atoms with Crippen LogP contribution in [0.2, 0.25) is 0 Å². The third-order valence-electron chi connectivity index (χ3n) is 2.27. The van der Waals surface area contributed by atoms with E-state index in [1.165, 1.54) is 12.5 Å². The fourth-order valence-electron chi connectivity index (χ4n) is 1.37. The molecule has 0 atom stereocenters. The number of aromatic nitrogens is 4. The van der Waals surface area contributed by atoms with E-state index < -0.39 is 23.3 Å². The Labute approximate surface area is 113 Å². The van der Waals surface area contributed by atoms with Gasteiger partial charge in [0.05, 0.1) is 5.39 Å². The second-order valence-corrected chi connectivity index (χ2v) is 4.30. The van der Waals surface area contributed by atoms with Gasteiger partial charge in [0.2, 0.25) is 5.82 Å². The number of nitrogens with zero attached hydrogens (tertiary/aromatic N) is 6. The molecule has 3 heterocycles. The summed E-state index contributed by atoms with van der Waals surface area (Å²) in [5.41, 5.74) is 0.435. The second kappa shape index (κ2) is 4.81. The number of fused-ring (bicyclic) bond motifs is 1. The highest BCUT2D eigenvalue weighted by Crippen LogP contribution is 2.30. The Morgan fingerprint density at radius 2 is 2.10 bits per heavy atom. The first-order valence-electron chi connectivity index (χ1n) is 5.17. The van der Waals surface area contributed by atoms with Crippen LogP contribution >= 0.6 is 11.5 Å². The number of halogens is 2. The molecule has 0 saturated heterocycles. The summed E-state index contributed by atoms with van der Waals surface area (Å²) in [7, 11) is 0. The SMILES string of the molecule is Oc1cc(F)c(N=Nc2snc3ncncc23)nc1F. The van der Waals surface area contributed by atoms with Crippen molar-refractivity contribution in [2.75, 3.05) is 0 Å². The normalized spacial score (nSPS) is 11.5. The lowest BCUT2D eigenvalue weighted by Crippen LogP contribution is -1.87. The third kappa shape index (κ3) is 2.16. The second-order valence-electron chi connectivity index (χ2n) is 3.55. The molecule has 3 rings (SSSR count). The van der Waals surface area contributed by atoms with E-state index in [2.05, 4.69) is 29.6 Å². The molecule has 0 amide bonds. The average molecular weight is 294 g/mol. The first-order chi connectivity index (χ1) is 9.65. The van der Waals surface area contributed by atoms with Crippen molar-refractivity contribution >= 4 is 33.4 Å². The Morgan fingerprint density at radius 3 is 2.95 bits per heavy atom. The number of pyridine rings is 1. The van der Waals surface area contributed by atoms with E-state index in [0.717, 1.165) is 11.5 Å². The summed E-state index contributed by atoms with van der Waals surface area (Å²) in [6, 6.07) is 0.574. The minimum Gasteiger partial charge on any atom is -0.504 e. The lowest BCUT2D eigenvalue weighted by atomic mass is 10.4. The molecule has 10 heteroatoms. The molecule has 0 fully saturated rings. The quantitative estimate of drug-likeness (QED) is 0.579. The molecule has 7 nitrogen and oxygen atoms in total. The number of azo groups is 1. The Morgan fingerprint density at radius 1 is 1.25 bits per heavy atom. The van der Waals surface area contributed by atoms with Crippen LogP contribution in [0.4, 0.5) is 19.6 Å². The van der Waals surface area contributed by atoms with Gasteiger partial charge in [-0.2, -0.15) is 13.7 Å². The molecule has 0 unspecified atom stereocenters. The zero-order valence-corrected chi connectivity index (χ0v) is 10.3. The van der Waals surface area contributed by atoms with Crippen molar-refractivity contribution in [1.82, 2.24) is 19.3 Å². The maximum absolute atomic E-state index is 13.4. The van der Waals surface area contributed by atoms with Gasteiger partial charge < -0.3 is 5.11 Å². The average Bonchev–Trinajstić information content (AvgIpc) is 2.85. The predicted molar refractivity (Wildman–Crippen MR) is 65.2 cm³/mol. The summed E-state index contributed by atoms with van der Waals surface area (Å²) in [6.45, 7) is 0. The van der Waals surface area contributed by atoms with Crippen molar-refractivity contribution in [3.8, 4) is 5.75 Å². The summed E-state index contributed by atoms with van der Waals surface area (Å²) in [5, 5.41) is 17.1. The van der Waals surface area contributed by atoms with Gasteiger partial charge >= 0.3 is 0 Å². The molecule has 0 aliphatic rings. The monoisotopic (exact) mass is 294 g/mol. The fraction of sp³-hybridized carbons (Fsp3) is 0. The van der Waals surface area contributed by atoms with Crippen molar-refractivity contribution in [3.63, 3.8) is 0 Å². The number of rotatable bonds is 2. The highest BCUT2D eigenvalue weighted by Gasteiger charge is 2.11. The molecule has 3 aromatic rings. The van der Waals surface area contributed by atoms with Crippen LogP contribution in [0.3, 0.4) is 0 Å². The molecular formula is C10H4F2N6OS. The van der Waals surface area contributed by atoms with Gasteiger partial charge in [-0.15, -0.1) is 10.2 Å². The van der Waals surface area contributed by atoms with E-state index in [4.69, 9.17) is 5.11 Å². The number of aromatic hydroxyl groups is 1. The van der Waals surface area contributed by atoms with Crippen LogP contribution in [0.5, 0.6) is 5.75 Å². The van der Waals surface area contributed by atoms with Crippen LogP contribution < -0.4 is 0 Å². The molecule has 20 heavy (non-hydrogen) atoms. The summed E-state index contributed by atoms with van der Waals surface area (Å²) in [5.74, 6) is -3.67.